The van der Waals surface area contributed by atoms with Crippen LogP contribution in [0.3, 0.4) is 0 Å². The predicted molar refractivity (Wildman–Crippen MR) is 47.8 cm³/mol. The highest BCUT2D eigenvalue weighted by Gasteiger charge is 2.14. The molecule has 0 atom stereocenters. The van der Waals surface area contributed by atoms with E-state index in [1.807, 2.05) is 6.92 Å². The minimum absolute atomic E-state index is 0.198. The third-order valence-corrected chi connectivity index (χ3v) is 2.59. The molecule has 64 valence electrons. The largest absolute Gasteiger partial charge is 0.355 e. The number of nitrogens with one attached hydrogen (secondary N) is 1. The summed E-state index contributed by atoms with van der Waals surface area (Å²) < 4.78 is 0. The molecular weight excluding hydrogens is 174 g/mol. The monoisotopic (exact) mass is 183 g/mol. The van der Waals surface area contributed by atoms with Gasteiger partial charge in [-0.3, -0.25) is 9.59 Å². The van der Waals surface area contributed by atoms with Gasteiger partial charge in [-0.25, -0.2) is 0 Å². The topological polar surface area (TPSA) is 46.2 Å². The van der Waals surface area contributed by atoms with Gasteiger partial charge in [-0.1, -0.05) is 0 Å². The highest BCUT2D eigenvalue weighted by Crippen LogP contribution is 2.19. The first kappa shape index (κ1) is 8.93. The van der Waals surface area contributed by atoms with Crippen molar-refractivity contribution in [1.29, 1.82) is 0 Å². The van der Waals surface area contributed by atoms with E-state index in [1.165, 1.54) is 11.3 Å². The van der Waals surface area contributed by atoms with Crippen LogP contribution in [0.5, 0.6) is 0 Å². The number of carbonyl (C=O) groups excluding carboxylic acids is 2. The number of hydrogen-bond acceptors (Lipinski definition) is 3. The zero-order chi connectivity index (χ0) is 9.14. The molecule has 1 heterocycles. The Morgan fingerprint density at radius 1 is 1.67 bits per heavy atom. The molecule has 1 amide bonds. The molecule has 3 nitrogen and oxygen atoms in total. The second-order valence-corrected chi connectivity index (χ2v) is 3.27. The molecule has 0 radical (unpaired) electrons. The van der Waals surface area contributed by atoms with Gasteiger partial charge in [-0.2, -0.15) is 0 Å². The zero-order valence-electron chi connectivity index (χ0n) is 6.88. The van der Waals surface area contributed by atoms with Crippen molar-refractivity contribution in [3.05, 3.63) is 21.4 Å². The Labute approximate surface area is 74.4 Å². The number of thiophene rings is 1. The molecule has 0 fully saturated rings. The van der Waals surface area contributed by atoms with Gasteiger partial charge < -0.3 is 5.32 Å². The molecule has 0 aliphatic heterocycles. The van der Waals surface area contributed by atoms with E-state index >= 15 is 0 Å². The van der Waals surface area contributed by atoms with Crippen LogP contribution in [0.2, 0.25) is 0 Å². The lowest BCUT2D eigenvalue weighted by molar-refractivity contribution is 0.0957. The summed E-state index contributed by atoms with van der Waals surface area (Å²) in [6.07, 6.45) is 0.711. The molecule has 0 saturated heterocycles. The number of aldehydes is 1. The summed E-state index contributed by atoms with van der Waals surface area (Å²) in [4.78, 5) is 22.2. The quantitative estimate of drug-likeness (QED) is 0.701. The van der Waals surface area contributed by atoms with E-state index in [0.717, 1.165) is 5.56 Å². The molecule has 0 aliphatic rings. The number of hydrogen-bond donors (Lipinski definition) is 1. The number of carbonyl (C=O) groups is 2. The minimum Gasteiger partial charge on any atom is -0.355 e. The molecule has 1 aromatic heterocycles. The van der Waals surface area contributed by atoms with E-state index in [0.29, 0.717) is 16.7 Å². The van der Waals surface area contributed by atoms with Crippen LogP contribution in [0.4, 0.5) is 0 Å². The molecule has 0 bridgehead atoms. The Morgan fingerprint density at radius 2 is 2.33 bits per heavy atom. The summed E-state index contributed by atoms with van der Waals surface area (Å²) >= 11 is 1.29. The van der Waals surface area contributed by atoms with Crippen LogP contribution in [0.25, 0.3) is 0 Å². The molecule has 4 heteroatoms. The van der Waals surface area contributed by atoms with Gasteiger partial charge in [0.25, 0.3) is 5.91 Å². The lowest BCUT2D eigenvalue weighted by Gasteiger charge is -1.98. The summed E-state index contributed by atoms with van der Waals surface area (Å²) in [6.45, 7) is 1.81. The van der Waals surface area contributed by atoms with Gasteiger partial charge in [0, 0.05) is 7.05 Å². The van der Waals surface area contributed by atoms with E-state index in [-0.39, 0.29) is 5.91 Å². The Hall–Kier alpha value is -1.16. The van der Waals surface area contributed by atoms with Crippen LogP contribution in [-0.4, -0.2) is 19.2 Å². The number of rotatable bonds is 2. The van der Waals surface area contributed by atoms with E-state index < -0.39 is 0 Å². The first-order chi connectivity index (χ1) is 5.70. The Morgan fingerprint density at radius 3 is 2.83 bits per heavy atom. The third-order valence-electron chi connectivity index (χ3n) is 1.56. The van der Waals surface area contributed by atoms with E-state index in [9.17, 15) is 9.59 Å². The standard InChI is InChI=1S/C8H9NO2S/c1-5-4-12-6(3-10)7(5)8(11)9-2/h3-4H,1-2H3,(H,9,11). The molecule has 1 aromatic rings. The lowest BCUT2D eigenvalue weighted by atomic mass is 10.1. The fraction of sp³-hybridized carbons (Fsp3) is 0.250. The van der Waals surface area contributed by atoms with Crippen LogP contribution in [0, 0.1) is 6.92 Å². The SMILES string of the molecule is CNC(=O)c1c(C)csc1C=O. The Balaban J connectivity index is 3.18. The maximum atomic E-state index is 11.2. The van der Waals surface area contributed by atoms with Crippen LogP contribution in [-0.2, 0) is 0 Å². The fourth-order valence-corrected chi connectivity index (χ4v) is 1.82. The zero-order valence-corrected chi connectivity index (χ0v) is 7.70. The number of aryl methyl sites for hydroxylation is 1. The van der Waals surface area contributed by atoms with Crippen LogP contribution < -0.4 is 5.32 Å². The third kappa shape index (κ3) is 1.38. The minimum atomic E-state index is -0.198. The molecule has 0 spiro atoms. The van der Waals surface area contributed by atoms with Gasteiger partial charge in [0.05, 0.1) is 10.4 Å². The van der Waals surface area contributed by atoms with Crippen molar-refractivity contribution in [3.63, 3.8) is 0 Å². The summed E-state index contributed by atoms with van der Waals surface area (Å²) in [7, 11) is 1.55. The summed E-state index contributed by atoms with van der Waals surface area (Å²) in [5, 5.41) is 4.29. The van der Waals surface area contributed by atoms with Crippen LogP contribution in [0.15, 0.2) is 5.38 Å². The Kier molecular flexibility index (Phi) is 2.60. The molecule has 12 heavy (non-hydrogen) atoms. The normalized spacial score (nSPS) is 9.50. The molecule has 0 aliphatic carbocycles. The van der Waals surface area contributed by atoms with Crippen LogP contribution in [0.1, 0.15) is 25.6 Å². The molecule has 1 N–H and O–H groups in total. The van der Waals surface area contributed by atoms with Crippen molar-refractivity contribution >= 4 is 23.5 Å². The van der Waals surface area contributed by atoms with Gasteiger partial charge in [0.2, 0.25) is 0 Å². The summed E-state index contributed by atoms with van der Waals surface area (Å²) in [5.74, 6) is -0.198. The first-order valence-electron chi connectivity index (χ1n) is 3.46. The maximum absolute atomic E-state index is 11.2. The highest BCUT2D eigenvalue weighted by molar-refractivity contribution is 7.12. The average Bonchev–Trinajstić information content (AvgIpc) is 2.45. The van der Waals surface area contributed by atoms with Crippen LogP contribution >= 0.6 is 11.3 Å². The molecule has 0 saturated carbocycles. The first-order valence-corrected chi connectivity index (χ1v) is 4.34. The van der Waals surface area contributed by atoms with E-state index in [1.54, 1.807) is 12.4 Å². The molecule has 0 unspecified atom stereocenters. The maximum Gasteiger partial charge on any atom is 0.252 e. The van der Waals surface area contributed by atoms with Gasteiger partial charge in [0.1, 0.15) is 0 Å². The smallest absolute Gasteiger partial charge is 0.252 e. The lowest BCUT2D eigenvalue weighted by Crippen LogP contribution is -2.19. The van der Waals surface area contributed by atoms with Crippen molar-refractivity contribution in [1.82, 2.24) is 5.32 Å². The Bertz CT molecular complexity index is 317. The van der Waals surface area contributed by atoms with Gasteiger partial charge in [-0.15, -0.1) is 11.3 Å². The van der Waals surface area contributed by atoms with E-state index in [4.69, 9.17) is 0 Å². The van der Waals surface area contributed by atoms with Gasteiger partial charge in [-0.05, 0) is 17.9 Å². The predicted octanol–water partition coefficient (Wildman–Crippen LogP) is 1.23. The molecule has 1 rings (SSSR count). The second kappa shape index (κ2) is 3.49. The van der Waals surface area contributed by atoms with Gasteiger partial charge >= 0.3 is 0 Å². The van der Waals surface area contributed by atoms with Crippen molar-refractivity contribution in [2.45, 2.75) is 6.92 Å². The molecular formula is C8H9NO2S. The summed E-state index contributed by atoms with van der Waals surface area (Å²) in [6, 6.07) is 0. The van der Waals surface area contributed by atoms with Crippen molar-refractivity contribution in [3.8, 4) is 0 Å². The number of amides is 1. The van der Waals surface area contributed by atoms with Crippen molar-refractivity contribution < 1.29 is 9.59 Å². The second-order valence-electron chi connectivity index (χ2n) is 2.35. The van der Waals surface area contributed by atoms with Gasteiger partial charge in [0.15, 0.2) is 6.29 Å². The average molecular weight is 183 g/mol. The highest BCUT2D eigenvalue weighted by atomic mass is 32.1. The van der Waals surface area contributed by atoms with E-state index in [2.05, 4.69) is 5.32 Å². The molecule has 0 aromatic carbocycles. The van der Waals surface area contributed by atoms with Crippen molar-refractivity contribution in [2.24, 2.45) is 0 Å². The van der Waals surface area contributed by atoms with Crippen molar-refractivity contribution in [2.75, 3.05) is 7.05 Å². The summed E-state index contributed by atoms with van der Waals surface area (Å²) in [5.41, 5.74) is 1.35. The fourth-order valence-electron chi connectivity index (χ4n) is 0.967.